The maximum absolute atomic E-state index is 12.4. The summed E-state index contributed by atoms with van der Waals surface area (Å²) in [5, 5.41) is 5.04. The monoisotopic (exact) mass is 397 g/mol. The van der Waals surface area contributed by atoms with Crippen LogP contribution in [-0.4, -0.2) is 27.4 Å². The van der Waals surface area contributed by atoms with Crippen LogP contribution < -0.4 is 5.32 Å². The maximum atomic E-state index is 12.4. The number of hydrogen-bond donors (Lipinski definition) is 1. The number of hydrogen-bond acceptors (Lipinski definition) is 5. The molecule has 130 valence electrons. The molecule has 2 heterocycles. The Kier molecular flexibility index (Phi) is 4.99. The fraction of sp³-hybridized carbons (Fsp3) is 0.188. The van der Waals surface area contributed by atoms with Gasteiger partial charge in [0.05, 0.1) is 0 Å². The first-order valence-corrected chi connectivity index (χ1v) is 8.90. The van der Waals surface area contributed by atoms with Crippen LogP contribution in [0.1, 0.15) is 23.0 Å². The van der Waals surface area contributed by atoms with Crippen LogP contribution in [0, 0.1) is 6.92 Å². The standard InChI is InChI=1S/C16H13Cl2N3O3S/c1-8-10(17)4-3-5-11(8)19-14(22)9(2)24-15(23)12-13(18)20-16-21(12)6-7-25-16/h3-7,9H,1-2H3,(H,19,22)/t9-/m1/s1. The summed E-state index contributed by atoms with van der Waals surface area (Å²) >= 11 is 13.4. The Morgan fingerprint density at radius 1 is 1.36 bits per heavy atom. The lowest BCUT2D eigenvalue weighted by Gasteiger charge is -2.15. The number of rotatable bonds is 4. The summed E-state index contributed by atoms with van der Waals surface area (Å²) in [6.07, 6.45) is 0.640. The van der Waals surface area contributed by atoms with Crippen LogP contribution in [0.4, 0.5) is 5.69 Å². The number of halogens is 2. The van der Waals surface area contributed by atoms with Gasteiger partial charge in [0.2, 0.25) is 0 Å². The molecule has 0 spiro atoms. The lowest BCUT2D eigenvalue weighted by molar-refractivity contribution is -0.123. The molecular weight excluding hydrogens is 385 g/mol. The van der Waals surface area contributed by atoms with E-state index in [2.05, 4.69) is 10.3 Å². The summed E-state index contributed by atoms with van der Waals surface area (Å²) in [5.74, 6) is -1.19. The topological polar surface area (TPSA) is 72.7 Å². The molecule has 1 atom stereocenters. The van der Waals surface area contributed by atoms with E-state index in [-0.39, 0.29) is 10.8 Å². The molecule has 25 heavy (non-hydrogen) atoms. The van der Waals surface area contributed by atoms with Crippen molar-refractivity contribution >= 4 is 57.1 Å². The van der Waals surface area contributed by atoms with Gasteiger partial charge in [-0.3, -0.25) is 9.20 Å². The molecule has 0 fully saturated rings. The van der Waals surface area contributed by atoms with Gasteiger partial charge in [0, 0.05) is 22.3 Å². The molecule has 3 rings (SSSR count). The van der Waals surface area contributed by atoms with E-state index in [4.69, 9.17) is 27.9 Å². The van der Waals surface area contributed by atoms with Crippen molar-refractivity contribution < 1.29 is 14.3 Å². The quantitative estimate of drug-likeness (QED) is 0.669. The highest BCUT2D eigenvalue weighted by Gasteiger charge is 2.25. The van der Waals surface area contributed by atoms with E-state index in [1.54, 1.807) is 36.7 Å². The number of imidazole rings is 1. The van der Waals surface area contributed by atoms with Crippen molar-refractivity contribution in [3.05, 3.63) is 51.2 Å². The van der Waals surface area contributed by atoms with Gasteiger partial charge < -0.3 is 10.1 Å². The summed E-state index contributed by atoms with van der Waals surface area (Å²) in [4.78, 5) is 29.3. The normalized spacial score (nSPS) is 12.2. The van der Waals surface area contributed by atoms with Crippen molar-refractivity contribution in [3.63, 3.8) is 0 Å². The van der Waals surface area contributed by atoms with E-state index >= 15 is 0 Å². The van der Waals surface area contributed by atoms with E-state index in [0.717, 1.165) is 5.56 Å². The Bertz CT molecular complexity index is 967. The van der Waals surface area contributed by atoms with Gasteiger partial charge in [-0.1, -0.05) is 29.3 Å². The first kappa shape index (κ1) is 17.7. The molecule has 0 radical (unpaired) electrons. The number of ether oxygens (including phenoxy) is 1. The third-order valence-corrected chi connectivity index (χ3v) is 5.02. The first-order valence-electron chi connectivity index (χ1n) is 7.26. The number of fused-ring (bicyclic) bond motifs is 1. The fourth-order valence-electron chi connectivity index (χ4n) is 2.19. The van der Waals surface area contributed by atoms with Gasteiger partial charge in [0.1, 0.15) is 0 Å². The molecule has 0 aliphatic rings. The number of anilines is 1. The molecule has 0 aliphatic heterocycles. The summed E-state index contributed by atoms with van der Waals surface area (Å²) < 4.78 is 6.76. The van der Waals surface area contributed by atoms with Crippen LogP contribution in [0.2, 0.25) is 10.2 Å². The summed E-state index contributed by atoms with van der Waals surface area (Å²) in [5.41, 5.74) is 1.38. The van der Waals surface area contributed by atoms with Crippen LogP contribution in [-0.2, 0) is 9.53 Å². The molecule has 2 aromatic heterocycles. The Morgan fingerprint density at radius 3 is 2.88 bits per heavy atom. The Balaban J connectivity index is 1.73. The fourth-order valence-corrected chi connectivity index (χ4v) is 3.38. The number of carbonyl (C=O) groups is 2. The van der Waals surface area contributed by atoms with Gasteiger partial charge in [-0.05, 0) is 31.5 Å². The third kappa shape index (κ3) is 3.49. The lowest BCUT2D eigenvalue weighted by Crippen LogP contribution is -2.30. The molecule has 0 unspecified atom stereocenters. The summed E-state index contributed by atoms with van der Waals surface area (Å²) in [6, 6.07) is 5.17. The number of benzene rings is 1. The number of carbonyl (C=O) groups excluding carboxylic acids is 2. The zero-order valence-corrected chi connectivity index (χ0v) is 15.6. The van der Waals surface area contributed by atoms with Crippen LogP contribution in [0.5, 0.6) is 0 Å². The highest BCUT2D eigenvalue weighted by Crippen LogP contribution is 2.24. The van der Waals surface area contributed by atoms with Crippen molar-refractivity contribution in [1.82, 2.24) is 9.38 Å². The highest BCUT2D eigenvalue weighted by atomic mass is 35.5. The number of amides is 1. The minimum atomic E-state index is -1.02. The summed E-state index contributed by atoms with van der Waals surface area (Å²) in [6.45, 7) is 3.26. The Labute approximate surface area is 157 Å². The minimum absolute atomic E-state index is 0.0372. The molecule has 1 amide bonds. The van der Waals surface area contributed by atoms with Crippen LogP contribution in [0.3, 0.4) is 0 Å². The Hall–Kier alpha value is -2.09. The summed E-state index contributed by atoms with van der Waals surface area (Å²) in [7, 11) is 0. The third-order valence-electron chi connectivity index (χ3n) is 3.59. The van der Waals surface area contributed by atoms with Gasteiger partial charge in [-0.25, -0.2) is 9.78 Å². The van der Waals surface area contributed by atoms with E-state index in [1.807, 2.05) is 0 Å². The molecule has 1 aromatic carbocycles. The van der Waals surface area contributed by atoms with E-state index in [1.165, 1.54) is 22.7 Å². The lowest BCUT2D eigenvalue weighted by atomic mass is 10.2. The van der Waals surface area contributed by atoms with Crippen LogP contribution >= 0.6 is 34.5 Å². The molecule has 3 aromatic rings. The first-order chi connectivity index (χ1) is 11.9. The maximum Gasteiger partial charge on any atom is 0.359 e. The van der Waals surface area contributed by atoms with Crippen molar-refractivity contribution in [3.8, 4) is 0 Å². The molecule has 0 saturated carbocycles. The number of aromatic nitrogens is 2. The van der Waals surface area contributed by atoms with Crippen molar-refractivity contribution in [1.29, 1.82) is 0 Å². The molecule has 0 aliphatic carbocycles. The molecule has 9 heteroatoms. The van der Waals surface area contributed by atoms with E-state index < -0.39 is 18.0 Å². The number of esters is 1. The van der Waals surface area contributed by atoms with Crippen LogP contribution in [0.25, 0.3) is 4.96 Å². The van der Waals surface area contributed by atoms with E-state index in [9.17, 15) is 9.59 Å². The number of nitrogens with one attached hydrogen (secondary N) is 1. The SMILES string of the molecule is Cc1c(Cl)cccc1NC(=O)[C@@H](C)OC(=O)c1c(Cl)nc2sccn12. The van der Waals surface area contributed by atoms with Crippen LogP contribution in [0.15, 0.2) is 29.8 Å². The average molecular weight is 398 g/mol. The molecule has 1 N–H and O–H groups in total. The second kappa shape index (κ2) is 7.03. The highest BCUT2D eigenvalue weighted by molar-refractivity contribution is 7.15. The smallest absolute Gasteiger partial charge is 0.359 e. The van der Waals surface area contributed by atoms with Gasteiger partial charge in [-0.15, -0.1) is 11.3 Å². The van der Waals surface area contributed by atoms with Gasteiger partial charge in [-0.2, -0.15) is 0 Å². The van der Waals surface area contributed by atoms with E-state index in [0.29, 0.717) is 15.7 Å². The van der Waals surface area contributed by atoms with Gasteiger partial charge in [0.15, 0.2) is 21.9 Å². The van der Waals surface area contributed by atoms with Gasteiger partial charge in [0.25, 0.3) is 5.91 Å². The zero-order chi connectivity index (χ0) is 18.1. The average Bonchev–Trinajstić information content (AvgIpc) is 3.11. The molecule has 0 saturated heterocycles. The molecule has 0 bridgehead atoms. The molecule has 6 nitrogen and oxygen atoms in total. The van der Waals surface area contributed by atoms with Crippen molar-refractivity contribution in [2.45, 2.75) is 20.0 Å². The predicted octanol–water partition coefficient (Wildman–Crippen LogP) is 4.20. The largest absolute Gasteiger partial charge is 0.448 e. The predicted molar refractivity (Wildman–Crippen MR) is 97.8 cm³/mol. The second-order valence-electron chi connectivity index (χ2n) is 5.26. The molecular formula is C16H13Cl2N3O3S. The van der Waals surface area contributed by atoms with Gasteiger partial charge >= 0.3 is 5.97 Å². The van der Waals surface area contributed by atoms with Crippen molar-refractivity contribution in [2.75, 3.05) is 5.32 Å². The second-order valence-corrected chi connectivity index (χ2v) is 6.89. The zero-order valence-electron chi connectivity index (χ0n) is 13.2. The minimum Gasteiger partial charge on any atom is -0.448 e. The number of nitrogens with zero attached hydrogens (tertiary/aromatic N) is 2. The van der Waals surface area contributed by atoms with Crippen molar-refractivity contribution in [2.24, 2.45) is 0 Å². The number of thiazole rings is 1. The Morgan fingerprint density at radius 2 is 2.12 bits per heavy atom.